The predicted octanol–water partition coefficient (Wildman–Crippen LogP) is 3.84. The van der Waals surface area contributed by atoms with Crippen LogP contribution >= 0.6 is 0 Å². The molecule has 2 amide bonds. The first-order valence-corrected chi connectivity index (χ1v) is 10.4. The second kappa shape index (κ2) is 9.27. The number of aryl methyl sites for hydroxylation is 1. The molecule has 1 saturated carbocycles. The third-order valence-corrected chi connectivity index (χ3v) is 5.34. The number of carbonyl (C=O) groups is 2. The molecule has 0 bridgehead atoms. The van der Waals surface area contributed by atoms with Crippen molar-refractivity contribution in [3.63, 3.8) is 0 Å². The van der Waals surface area contributed by atoms with E-state index in [2.05, 4.69) is 30.9 Å². The second-order valence-electron chi connectivity index (χ2n) is 8.00. The molecule has 1 aliphatic carbocycles. The Balaban J connectivity index is 1.42. The Hall–Kier alpha value is -4.10. The number of anilines is 2. The summed E-state index contributed by atoms with van der Waals surface area (Å²) in [5, 5.41) is 12.7. The number of amides is 2. The van der Waals surface area contributed by atoms with Crippen LogP contribution in [0.1, 0.15) is 31.4 Å². The average molecular weight is 493 g/mol. The molecule has 14 heteroatoms. The van der Waals surface area contributed by atoms with Gasteiger partial charge in [0.2, 0.25) is 17.8 Å². The summed E-state index contributed by atoms with van der Waals surface area (Å²) >= 11 is 0. The first-order valence-electron chi connectivity index (χ1n) is 10.4. The second-order valence-corrected chi connectivity index (χ2v) is 8.00. The molecule has 0 aliphatic heterocycles. The molecule has 1 fully saturated rings. The first-order chi connectivity index (χ1) is 16.5. The maximum atomic E-state index is 13.8. The fourth-order valence-electron chi connectivity index (χ4n) is 3.44. The molecule has 3 heterocycles. The van der Waals surface area contributed by atoms with Crippen molar-refractivity contribution in [3.8, 4) is 11.4 Å². The third-order valence-electron chi connectivity index (χ3n) is 5.34. The van der Waals surface area contributed by atoms with Gasteiger partial charge < -0.3 is 10.1 Å². The monoisotopic (exact) mass is 493 g/mol. The SMILES string of the molecule is C[C@@H](OC(=O)Nc1c(-c2ccc(NC(=O)C3CC(F)(F)C3)cn2)nnn1C)c1cc(F)cnc1F. The van der Waals surface area contributed by atoms with E-state index < -0.39 is 54.6 Å². The van der Waals surface area contributed by atoms with Crippen molar-refractivity contribution < 1.29 is 31.9 Å². The molecule has 2 N–H and O–H groups in total. The zero-order valence-electron chi connectivity index (χ0n) is 18.4. The van der Waals surface area contributed by atoms with Crippen LogP contribution in [0.5, 0.6) is 0 Å². The molecule has 10 nitrogen and oxygen atoms in total. The van der Waals surface area contributed by atoms with Crippen LogP contribution in [0.25, 0.3) is 11.4 Å². The largest absolute Gasteiger partial charge is 0.441 e. The molecule has 0 unspecified atom stereocenters. The number of pyridine rings is 2. The summed E-state index contributed by atoms with van der Waals surface area (Å²) in [5.41, 5.74) is 0.488. The number of nitrogens with one attached hydrogen (secondary N) is 2. The lowest BCUT2D eigenvalue weighted by atomic mass is 9.81. The predicted molar refractivity (Wildman–Crippen MR) is 113 cm³/mol. The standard InChI is InChI=1S/C21H19F4N7O3/c1-10(14-5-12(22)8-27-17(14)23)35-20(34)29-18-16(30-31-32(18)2)15-4-3-13(9-26-15)28-19(33)11-6-21(24,25)7-11/h3-5,8-11H,6-7H2,1-2H3,(H,28,33)(H,29,34)/t10-/m1/s1. The highest BCUT2D eigenvalue weighted by molar-refractivity contribution is 5.93. The molecular formula is C21H19F4N7O3. The lowest BCUT2D eigenvalue weighted by molar-refractivity contribution is -0.145. The number of alkyl halides is 2. The topological polar surface area (TPSA) is 124 Å². The van der Waals surface area contributed by atoms with Gasteiger partial charge >= 0.3 is 6.09 Å². The summed E-state index contributed by atoms with van der Waals surface area (Å²) in [5.74, 6) is -5.75. The van der Waals surface area contributed by atoms with E-state index in [1.54, 1.807) is 0 Å². The molecule has 0 radical (unpaired) electrons. The molecule has 0 spiro atoms. The first kappa shape index (κ1) is 24.0. The number of rotatable bonds is 6. The van der Waals surface area contributed by atoms with Gasteiger partial charge in [0.05, 0.1) is 29.3 Å². The van der Waals surface area contributed by atoms with Crippen LogP contribution in [0.3, 0.4) is 0 Å². The number of nitrogens with zero attached hydrogens (tertiary/aromatic N) is 5. The Bertz CT molecular complexity index is 1260. The molecule has 184 valence electrons. The van der Waals surface area contributed by atoms with E-state index in [0.29, 0.717) is 11.9 Å². The van der Waals surface area contributed by atoms with Crippen LogP contribution in [0, 0.1) is 17.7 Å². The Labute approximate surface area is 195 Å². The third kappa shape index (κ3) is 5.36. The number of carbonyl (C=O) groups excluding carboxylic acids is 2. The van der Waals surface area contributed by atoms with Crippen LogP contribution < -0.4 is 10.6 Å². The van der Waals surface area contributed by atoms with E-state index in [-0.39, 0.29) is 22.8 Å². The highest BCUT2D eigenvalue weighted by Crippen LogP contribution is 2.42. The van der Waals surface area contributed by atoms with Crippen molar-refractivity contribution in [1.29, 1.82) is 0 Å². The Morgan fingerprint density at radius 1 is 1.17 bits per heavy atom. The van der Waals surface area contributed by atoms with Crippen molar-refractivity contribution in [3.05, 3.63) is 47.9 Å². The Morgan fingerprint density at radius 3 is 2.57 bits per heavy atom. The van der Waals surface area contributed by atoms with Crippen molar-refractivity contribution in [2.24, 2.45) is 13.0 Å². The van der Waals surface area contributed by atoms with Gasteiger partial charge in [-0.05, 0) is 25.1 Å². The van der Waals surface area contributed by atoms with E-state index in [0.717, 1.165) is 6.07 Å². The molecule has 1 atom stereocenters. The minimum absolute atomic E-state index is 0.0982. The Kier molecular flexibility index (Phi) is 6.37. The van der Waals surface area contributed by atoms with E-state index in [4.69, 9.17) is 4.74 Å². The van der Waals surface area contributed by atoms with Crippen molar-refractivity contribution in [1.82, 2.24) is 25.0 Å². The Morgan fingerprint density at radius 2 is 1.91 bits per heavy atom. The maximum Gasteiger partial charge on any atom is 0.413 e. The maximum absolute atomic E-state index is 13.8. The summed E-state index contributed by atoms with van der Waals surface area (Å²) < 4.78 is 59.5. The van der Waals surface area contributed by atoms with E-state index >= 15 is 0 Å². The minimum atomic E-state index is -2.80. The summed E-state index contributed by atoms with van der Waals surface area (Å²) in [7, 11) is 1.49. The van der Waals surface area contributed by atoms with Crippen molar-refractivity contribution in [2.75, 3.05) is 10.6 Å². The lowest BCUT2D eigenvalue weighted by Gasteiger charge is -2.33. The van der Waals surface area contributed by atoms with Gasteiger partial charge in [0, 0.05) is 25.8 Å². The molecule has 3 aromatic heterocycles. The van der Waals surface area contributed by atoms with E-state index in [1.807, 2.05) is 0 Å². The number of halogens is 4. The highest BCUT2D eigenvalue weighted by Gasteiger charge is 2.48. The van der Waals surface area contributed by atoms with E-state index in [9.17, 15) is 27.2 Å². The number of aromatic nitrogens is 5. The van der Waals surface area contributed by atoms with Crippen molar-refractivity contribution in [2.45, 2.75) is 31.8 Å². The fraction of sp³-hybridized carbons (Fsp3) is 0.333. The fourth-order valence-corrected chi connectivity index (χ4v) is 3.44. The normalized spacial score (nSPS) is 15.7. The number of ether oxygens (including phenoxy) is 1. The molecule has 3 aromatic rings. The number of hydrogen-bond acceptors (Lipinski definition) is 7. The number of hydrogen-bond donors (Lipinski definition) is 2. The molecule has 0 saturated heterocycles. The van der Waals surface area contributed by atoms with Crippen molar-refractivity contribution >= 4 is 23.5 Å². The van der Waals surface area contributed by atoms with Gasteiger partial charge in [-0.1, -0.05) is 5.21 Å². The van der Waals surface area contributed by atoms with Gasteiger partial charge in [-0.2, -0.15) is 4.39 Å². The van der Waals surface area contributed by atoms with Crippen LogP contribution in [-0.4, -0.2) is 42.9 Å². The van der Waals surface area contributed by atoms with E-state index in [1.165, 1.54) is 37.0 Å². The molecule has 0 aromatic carbocycles. The summed E-state index contributed by atoms with van der Waals surface area (Å²) in [6.45, 7) is 1.35. The molecular weight excluding hydrogens is 474 g/mol. The zero-order valence-corrected chi connectivity index (χ0v) is 18.4. The van der Waals surface area contributed by atoms with Gasteiger partial charge in [-0.3, -0.25) is 15.1 Å². The molecule has 4 rings (SSSR count). The summed E-state index contributed by atoms with van der Waals surface area (Å²) in [6, 6.07) is 3.86. The van der Waals surface area contributed by atoms with Gasteiger partial charge in [0.1, 0.15) is 11.9 Å². The molecule has 35 heavy (non-hydrogen) atoms. The lowest BCUT2D eigenvalue weighted by Crippen LogP contribution is -2.42. The highest BCUT2D eigenvalue weighted by atomic mass is 19.3. The smallest absolute Gasteiger partial charge is 0.413 e. The minimum Gasteiger partial charge on any atom is -0.441 e. The average Bonchev–Trinajstić information content (AvgIpc) is 3.14. The molecule has 1 aliphatic rings. The van der Waals surface area contributed by atoms with Gasteiger partial charge in [-0.25, -0.2) is 27.6 Å². The van der Waals surface area contributed by atoms with Crippen LogP contribution in [-0.2, 0) is 16.6 Å². The van der Waals surface area contributed by atoms with Crippen LogP contribution in [0.2, 0.25) is 0 Å². The van der Waals surface area contributed by atoms with Crippen LogP contribution in [0.4, 0.5) is 33.9 Å². The summed E-state index contributed by atoms with van der Waals surface area (Å²) in [6.07, 6.45) is -1.11. The van der Waals surface area contributed by atoms with Gasteiger partial charge in [0.25, 0.3) is 0 Å². The van der Waals surface area contributed by atoms with Crippen LogP contribution in [0.15, 0.2) is 30.6 Å². The van der Waals surface area contributed by atoms with Gasteiger partial charge in [0.15, 0.2) is 11.5 Å². The zero-order chi connectivity index (χ0) is 25.3. The quantitative estimate of drug-likeness (QED) is 0.395. The summed E-state index contributed by atoms with van der Waals surface area (Å²) in [4.78, 5) is 31.9. The van der Waals surface area contributed by atoms with Gasteiger partial charge in [-0.15, -0.1) is 5.10 Å².